The second-order valence-electron chi connectivity index (χ2n) is 25.0. The molecule has 0 aliphatic carbocycles. The van der Waals surface area contributed by atoms with Gasteiger partial charge in [0.25, 0.3) is 0 Å². The van der Waals surface area contributed by atoms with E-state index in [0.717, 1.165) is 139 Å². The molecule has 0 fully saturated rings. The van der Waals surface area contributed by atoms with E-state index in [2.05, 4.69) is 282 Å². The number of pyridine rings is 2. The zero-order chi connectivity index (χ0) is 65.4. The summed E-state index contributed by atoms with van der Waals surface area (Å²) in [6.07, 6.45) is 0. The number of rotatable bonds is 11. The van der Waals surface area contributed by atoms with Crippen LogP contribution in [-0.2, 0) is 5.41 Å². The van der Waals surface area contributed by atoms with Crippen molar-refractivity contribution in [3.05, 3.63) is 362 Å². The van der Waals surface area contributed by atoms with Crippen LogP contribution in [0.15, 0.2) is 340 Å². The summed E-state index contributed by atoms with van der Waals surface area (Å²) in [6, 6.07) is 119. The number of benzene rings is 12. The number of para-hydroxylation sites is 1. The first-order chi connectivity index (χ1) is 49.1. The molecule has 0 saturated carbocycles. The Hall–Kier alpha value is -13.4. The fraction of sp³-hybridized carbons (Fsp3) is 0.0112. The van der Waals surface area contributed by atoms with Crippen molar-refractivity contribution in [3.63, 3.8) is 0 Å². The molecule has 18 aromatic rings. The molecule has 0 radical (unpaired) electrons. The molecule has 10 heteroatoms. The van der Waals surface area contributed by atoms with E-state index in [1.165, 1.54) is 0 Å². The van der Waals surface area contributed by atoms with E-state index in [4.69, 9.17) is 39.9 Å². The predicted molar refractivity (Wildman–Crippen MR) is 398 cm³/mol. The van der Waals surface area contributed by atoms with Gasteiger partial charge in [0.1, 0.15) is 5.41 Å². The number of hydrogen-bond donors (Lipinski definition) is 0. The Bertz CT molecular complexity index is 6090. The predicted octanol–water partition coefficient (Wildman–Crippen LogP) is 20.7. The Labute approximate surface area is 570 Å². The summed E-state index contributed by atoms with van der Waals surface area (Å²) in [5.41, 5.74) is 18.6. The minimum Gasteiger partial charge on any atom is -0.308 e. The van der Waals surface area contributed by atoms with E-state index in [1.807, 2.05) is 66.7 Å². The van der Waals surface area contributed by atoms with Gasteiger partial charge in [-0.05, 0) is 89.0 Å². The molecule has 0 N–H and O–H groups in total. The van der Waals surface area contributed by atoms with Crippen molar-refractivity contribution in [1.82, 2.24) is 49.0 Å². The Kier molecular flexibility index (Phi) is 13.5. The largest absolute Gasteiger partial charge is 0.308 e. The van der Waals surface area contributed by atoms with Crippen LogP contribution in [0.4, 0.5) is 0 Å². The number of fused-ring (bicyclic) bond motifs is 12. The first kappa shape index (κ1) is 57.0. The zero-order valence-corrected chi connectivity index (χ0v) is 53.3. The molecular formula is C89H56N10. The third-order valence-electron chi connectivity index (χ3n) is 19.3. The first-order valence-corrected chi connectivity index (χ1v) is 33.2. The van der Waals surface area contributed by atoms with Gasteiger partial charge < -0.3 is 9.13 Å². The lowest BCUT2D eigenvalue weighted by Crippen LogP contribution is -2.35. The first-order valence-electron chi connectivity index (χ1n) is 33.2. The van der Waals surface area contributed by atoms with Crippen LogP contribution in [0.3, 0.4) is 0 Å². The van der Waals surface area contributed by atoms with Crippen LogP contribution in [-0.4, -0.2) is 49.0 Å². The van der Waals surface area contributed by atoms with Crippen molar-refractivity contribution in [2.24, 2.45) is 0 Å². The van der Waals surface area contributed by atoms with E-state index in [9.17, 15) is 0 Å². The third-order valence-corrected chi connectivity index (χ3v) is 19.3. The van der Waals surface area contributed by atoms with E-state index in [-0.39, 0.29) is 0 Å². The summed E-state index contributed by atoms with van der Waals surface area (Å²) in [4.78, 5) is 45.1. The van der Waals surface area contributed by atoms with Crippen LogP contribution in [0.2, 0.25) is 0 Å². The molecule has 0 amide bonds. The van der Waals surface area contributed by atoms with Crippen LogP contribution in [0.1, 0.15) is 22.6 Å². The van der Waals surface area contributed by atoms with Gasteiger partial charge in [-0.3, -0.25) is 4.98 Å². The van der Waals surface area contributed by atoms with Crippen LogP contribution >= 0.6 is 0 Å². The molecule has 99 heavy (non-hydrogen) atoms. The second kappa shape index (κ2) is 23.5. The van der Waals surface area contributed by atoms with Gasteiger partial charge in [-0.1, -0.05) is 273 Å². The van der Waals surface area contributed by atoms with Gasteiger partial charge in [0.2, 0.25) is 0 Å². The molecular weight excluding hydrogens is 1210 g/mol. The maximum Gasteiger partial charge on any atom is 0.166 e. The molecule has 1 atom stereocenters. The normalized spacial score (nSPS) is 13.3. The van der Waals surface area contributed by atoms with Gasteiger partial charge >= 0.3 is 0 Å². The van der Waals surface area contributed by atoms with Crippen molar-refractivity contribution in [3.8, 4) is 113 Å². The van der Waals surface area contributed by atoms with Crippen LogP contribution in [0.5, 0.6) is 0 Å². The lowest BCUT2D eigenvalue weighted by molar-refractivity contribution is 0.654. The Balaban J connectivity index is 0.999. The van der Waals surface area contributed by atoms with E-state index < -0.39 is 5.41 Å². The highest BCUT2D eigenvalue weighted by atomic mass is 15.1. The standard InChI is InChI=1S/C89H56N10/c1-8-26-57(27-9-1)63-47-51-77-70(52-63)67-40-22-23-44-76(67)98(77)80-56-81-72(55-71(80)86-93-83(60-32-14-4-15-33-60)92-84(94-86)61-34-16-5-17-35-61)87-95-85(62-36-18-6-19-37-62)96-88(97-87)89(65-38-20-7-21-39-65,82-45-25-43-74(91-82)59-30-12-3-13-31-59)66-48-50-69-68-49-46-64(53-78(68)99(81)79(69)54-66)75-42-24-41-73(90-75)58-28-10-2-11-29-58/h1-56H. The number of hydrogen-bond acceptors (Lipinski definition) is 8. The molecule has 0 saturated heterocycles. The average Bonchev–Trinajstić information content (AvgIpc) is 1.69. The van der Waals surface area contributed by atoms with E-state index in [0.29, 0.717) is 40.5 Å². The maximum atomic E-state index is 6.01. The Morgan fingerprint density at radius 1 is 0.212 bits per heavy atom. The van der Waals surface area contributed by atoms with Crippen molar-refractivity contribution >= 4 is 43.6 Å². The quantitative estimate of drug-likeness (QED) is 0.126. The molecule has 7 heterocycles. The second-order valence-corrected chi connectivity index (χ2v) is 25.0. The van der Waals surface area contributed by atoms with Gasteiger partial charge in [-0.2, -0.15) is 0 Å². The summed E-state index contributed by atoms with van der Waals surface area (Å²) in [5.74, 6) is 2.94. The third kappa shape index (κ3) is 9.64. The van der Waals surface area contributed by atoms with Crippen molar-refractivity contribution in [2.75, 3.05) is 0 Å². The molecule has 4 bridgehead atoms. The Morgan fingerprint density at radius 2 is 0.636 bits per heavy atom. The molecule has 19 rings (SSSR count). The maximum absolute atomic E-state index is 6.01. The van der Waals surface area contributed by atoms with Crippen molar-refractivity contribution in [2.45, 2.75) is 5.41 Å². The molecule has 6 aromatic heterocycles. The summed E-state index contributed by atoms with van der Waals surface area (Å²) < 4.78 is 4.83. The minimum atomic E-state index is -1.26. The van der Waals surface area contributed by atoms with Crippen LogP contribution in [0.25, 0.3) is 157 Å². The zero-order valence-electron chi connectivity index (χ0n) is 53.3. The highest BCUT2D eigenvalue weighted by Gasteiger charge is 2.45. The van der Waals surface area contributed by atoms with Crippen LogP contribution in [0, 0.1) is 0 Å². The van der Waals surface area contributed by atoms with Gasteiger partial charge in [-0.15, -0.1) is 0 Å². The lowest BCUT2D eigenvalue weighted by atomic mass is 9.70. The number of nitrogens with zero attached hydrogens (tertiary/aromatic N) is 10. The topological polar surface area (TPSA) is 113 Å². The fourth-order valence-corrected chi connectivity index (χ4v) is 14.6. The Morgan fingerprint density at radius 3 is 1.24 bits per heavy atom. The minimum absolute atomic E-state index is 0.435. The van der Waals surface area contributed by atoms with Crippen LogP contribution < -0.4 is 0 Å². The van der Waals surface area contributed by atoms with Crippen molar-refractivity contribution in [1.29, 1.82) is 0 Å². The molecule has 1 aliphatic heterocycles. The summed E-state index contributed by atoms with van der Waals surface area (Å²) in [5, 5.41) is 4.27. The molecule has 12 aromatic carbocycles. The highest BCUT2D eigenvalue weighted by Crippen LogP contribution is 2.50. The van der Waals surface area contributed by atoms with E-state index >= 15 is 0 Å². The summed E-state index contributed by atoms with van der Waals surface area (Å²) >= 11 is 0. The molecule has 1 unspecified atom stereocenters. The van der Waals surface area contributed by atoms with Gasteiger partial charge in [-0.25, -0.2) is 34.9 Å². The molecule has 1 aliphatic rings. The van der Waals surface area contributed by atoms with Gasteiger partial charge in [0.05, 0.1) is 56.2 Å². The molecule has 462 valence electrons. The van der Waals surface area contributed by atoms with Gasteiger partial charge in [0, 0.05) is 66.1 Å². The fourth-order valence-electron chi connectivity index (χ4n) is 14.6. The SMILES string of the molecule is c1ccc(-c2ccc3c(c2)c2ccccc2n3-c2cc3c(cc2-c2nc(-c4ccccc4)nc(-c4ccccc4)n2)-c2nc(-c4ccccc4)nc(n2)C(c2ccccc2)(c2cccc(-c4ccccc4)n2)c2ccc4c5ccc(-c6cccc(-c7ccccc7)n6)cc5n-3c4c2)cc1. The monoisotopic (exact) mass is 1260 g/mol. The average molecular weight is 1270 g/mol. The number of aromatic nitrogens is 10. The molecule has 0 spiro atoms. The van der Waals surface area contributed by atoms with Gasteiger partial charge in [0.15, 0.2) is 34.9 Å². The molecule has 10 nitrogen and oxygen atoms in total. The summed E-state index contributed by atoms with van der Waals surface area (Å²) in [7, 11) is 0. The smallest absolute Gasteiger partial charge is 0.166 e. The lowest BCUT2D eigenvalue weighted by Gasteiger charge is -2.34. The highest BCUT2D eigenvalue weighted by molar-refractivity contribution is 6.13. The summed E-state index contributed by atoms with van der Waals surface area (Å²) in [6.45, 7) is 0. The van der Waals surface area contributed by atoms with E-state index in [1.54, 1.807) is 0 Å². The van der Waals surface area contributed by atoms with Crippen molar-refractivity contribution < 1.29 is 0 Å².